The number of rotatable bonds is 1. The number of urea groups is 1. The van der Waals surface area contributed by atoms with E-state index in [2.05, 4.69) is 26.1 Å². The first-order chi connectivity index (χ1) is 8.93. The van der Waals surface area contributed by atoms with Crippen molar-refractivity contribution >= 4 is 6.03 Å². The van der Waals surface area contributed by atoms with Crippen LogP contribution in [0.5, 0.6) is 0 Å². The standard InChI is InChI=1S/C15H26N2O2/c1-14(2)11-4-5-15(3,10-11)12(14)16-13(18)17-6-8-19-9-7-17/h11-12H,4-10H2,1-3H3,(H,16,18). The number of hydrogen-bond donors (Lipinski definition) is 1. The van der Waals surface area contributed by atoms with E-state index in [1.807, 2.05) is 4.90 Å². The van der Waals surface area contributed by atoms with E-state index >= 15 is 0 Å². The average Bonchev–Trinajstić information content (AvgIpc) is 2.87. The molecule has 2 bridgehead atoms. The van der Waals surface area contributed by atoms with Gasteiger partial charge in [0.25, 0.3) is 0 Å². The molecule has 0 aromatic heterocycles. The van der Waals surface area contributed by atoms with Gasteiger partial charge in [-0.1, -0.05) is 20.8 Å². The van der Waals surface area contributed by atoms with Crippen molar-refractivity contribution < 1.29 is 9.53 Å². The Morgan fingerprint density at radius 2 is 1.95 bits per heavy atom. The summed E-state index contributed by atoms with van der Waals surface area (Å²) in [7, 11) is 0. The lowest BCUT2D eigenvalue weighted by atomic mass is 9.68. The Bertz CT molecular complexity index is 372. The van der Waals surface area contributed by atoms with Crippen LogP contribution in [0.3, 0.4) is 0 Å². The molecule has 1 heterocycles. The van der Waals surface area contributed by atoms with Gasteiger partial charge in [-0.3, -0.25) is 0 Å². The Labute approximate surface area is 115 Å². The van der Waals surface area contributed by atoms with Crippen LogP contribution in [-0.2, 0) is 4.74 Å². The zero-order valence-corrected chi connectivity index (χ0v) is 12.4. The van der Waals surface area contributed by atoms with Crippen LogP contribution in [-0.4, -0.2) is 43.3 Å². The van der Waals surface area contributed by atoms with Crippen molar-refractivity contribution in [3.63, 3.8) is 0 Å². The van der Waals surface area contributed by atoms with E-state index in [4.69, 9.17) is 4.74 Å². The average molecular weight is 266 g/mol. The van der Waals surface area contributed by atoms with Gasteiger partial charge in [0.15, 0.2) is 0 Å². The van der Waals surface area contributed by atoms with Crippen LogP contribution in [0.25, 0.3) is 0 Å². The second-order valence-corrected chi connectivity index (χ2v) is 7.40. The van der Waals surface area contributed by atoms with E-state index in [1.54, 1.807) is 0 Å². The normalized spacial score (nSPS) is 40.5. The summed E-state index contributed by atoms with van der Waals surface area (Å²) < 4.78 is 5.31. The van der Waals surface area contributed by atoms with Crippen LogP contribution < -0.4 is 5.32 Å². The Morgan fingerprint density at radius 1 is 1.26 bits per heavy atom. The van der Waals surface area contributed by atoms with Gasteiger partial charge in [0.05, 0.1) is 13.2 Å². The Hall–Kier alpha value is -0.770. The molecule has 108 valence electrons. The molecule has 3 fully saturated rings. The molecule has 2 amide bonds. The van der Waals surface area contributed by atoms with Crippen LogP contribution in [0, 0.1) is 16.7 Å². The monoisotopic (exact) mass is 266 g/mol. The van der Waals surface area contributed by atoms with E-state index in [-0.39, 0.29) is 11.4 Å². The van der Waals surface area contributed by atoms with Gasteiger partial charge in [0, 0.05) is 19.1 Å². The SMILES string of the molecule is CC12CCC(C1)C(C)(C)C2NC(=O)N1CCOCC1. The number of nitrogens with one attached hydrogen (secondary N) is 1. The van der Waals surface area contributed by atoms with E-state index in [0.29, 0.717) is 24.7 Å². The van der Waals surface area contributed by atoms with Gasteiger partial charge >= 0.3 is 6.03 Å². The van der Waals surface area contributed by atoms with E-state index < -0.39 is 0 Å². The molecule has 1 saturated heterocycles. The van der Waals surface area contributed by atoms with Crippen molar-refractivity contribution in [1.82, 2.24) is 10.2 Å². The first kappa shape index (κ1) is 13.2. The maximum absolute atomic E-state index is 12.4. The summed E-state index contributed by atoms with van der Waals surface area (Å²) in [5, 5.41) is 3.34. The number of morpholine rings is 1. The molecule has 0 radical (unpaired) electrons. The zero-order valence-electron chi connectivity index (χ0n) is 12.4. The minimum absolute atomic E-state index is 0.107. The van der Waals surface area contributed by atoms with Crippen LogP contribution in [0.2, 0.25) is 0 Å². The molecule has 3 atom stereocenters. The molecule has 3 unspecified atom stereocenters. The highest BCUT2D eigenvalue weighted by Gasteiger charge is 2.59. The fourth-order valence-electron chi connectivity index (χ4n) is 4.64. The van der Waals surface area contributed by atoms with Crippen LogP contribution in [0.4, 0.5) is 4.79 Å². The summed E-state index contributed by atoms with van der Waals surface area (Å²) in [5.74, 6) is 0.771. The number of carbonyl (C=O) groups is 1. The fraction of sp³-hybridized carbons (Fsp3) is 0.933. The molecule has 3 rings (SSSR count). The lowest BCUT2D eigenvalue weighted by molar-refractivity contribution is 0.0460. The third-order valence-electron chi connectivity index (χ3n) is 5.84. The van der Waals surface area contributed by atoms with Crippen LogP contribution in [0.15, 0.2) is 0 Å². The van der Waals surface area contributed by atoms with Crippen molar-refractivity contribution in [2.24, 2.45) is 16.7 Å². The molecule has 0 spiro atoms. The van der Waals surface area contributed by atoms with Crippen molar-refractivity contribution in [3.8, 4) is 0 Å². The molecule has 1 N–H and O–H groups in total. The highest BCUT2D eigenvalue weighted by molar-refractivity contribution is 5.75. The van der Waals surface area contributed by atoms with Gasteiger partial charge in [0.1, 0.15) is 0 Å². The first-order valence-corrected chi connectivity index (χ1v) is 7.57. The van der Waals surface area contributed by atoms with E-state index in [9.17, 15) is 4.79 Å². The molecule has 0 aromatic rings. The summed E-state index contributed by atoms with van der Waals surface area (Å²) >= 11 is 0. The number of carbonyl (C=O) groups excluding carboxylic acids is 1. The van der Waals surface area contributed by atoms with Gasteiger partial charge in [-0.05, 0) is 36.0 Å². The summed E-state index contributed by atoms with van der Waals surface area (Å²) in [6, 6.07) is 0.421. The number of nitrogens with zero attached hydrogens (tertiary/aromatic N) is 1. The maximum Gasteiger partial charge on any atom is 0.317 e. The molecule has 0 aromatic carbocycles. The van der Waals surface area contributed by atoms with Gasteiger partial charge < -0.3 is 15.0 Å². The van der Waals surface area contributed by atoms with Crippen LogP contribution in [0.1, 0.15) is 40.0 Å². The maximum atomic E-state index is 12.4. The number of hydrogen-bond acceptors (Lipinski definition) is 2. The molecule has 2 saturated carbocycles. The largest absolute Gasteiger partial charge is 0.378 e. The fourth-order valence-corrected chi connectivity index (χ4v) is 4.64. The number of ether oxygens (including phenoxy) is 1. The summed E-state index contributed by atoms with van der Waals surface area (Å²) in [5.41, 5.74) is 0.533. The zero-order chi connectivity index (χ0) is 13.7. The molecule has 1 aliphatic heterocycles. The molecule has 3 aliphatic rings. The molecular formula is C15H26N2O2. The smallest absolute Gasteiger partial charge is 0.317 e. The quantitative estimate of drug-likeness (QED) is 0.791. The lowest BCUT2D eigenvalue weighted by Gasteiger charge is -2.44. The lowest BCUT2D eigenvalue weighted by Crippen LogP contribution is -2.57. The molecule has 19 heavy (non-hydrogen) atoms. The van der Waals surface area contributed by atoms with Gasteiger partial charge in [-0.25, -0.2) is 4.79 Å². The molecule has 2 aliphatic carbocycles. The second-order valence-electron chi connectivity index (χ2n) is 7.40. The summed E-state index contributed by atoms with van der Waals surface area (Å²) in [6.45, 7) is 9.78. The summed E-state index contributed by atoms with van der Waals surface area (Å²) in [6.07, 6.45) is 3.86. The minimum Gasteiger partial charge on any atom is -0.378 e. The second kappa shape index (κ2) is 4.37. The number of amides is 2. The van der Waals surface area contributed by atoms with E-state index in [0.717, 1.165) is 19.0 Å². The van der Waals surface area contributed by atoms with Crippen molar-refractivity contribution in [1.29, 1.82) is 0 Å². The van der Waals surface area contributed by atoms with Crippen molar-refractivity contribution in [3.05, 3.63) is 0 Å². The van der Waals surface area contributed by atoms with Gasteiger partial charge in [-0.2, -0.15) is 0 Å². The van der Waals surface area contributed by atoms with Crippen molar-refractivity contribution in [2.75, 3.05) is 26.3 Å². The van der Waals surface area contributed by atoms with Crippen molar-refractivity contribution in [2.45, 2.75) is 46.1 Å². The van der Waals surface area contributed by atoms with Gasteiger partial charge in [0.2, 0.25) is 0 Å². The first-order valence-electron chi connectivity index (χ1n) is 7.57. The predicted molar refractivity (Wildman–Crippen MR) is 73.9 cm³/mol. The Morgan fingerprint density at radius 3 is 2.53 bits per heavy atom. The number of fused-ring (bicyclic) bond motifs is 2. The molecule has 4 nitrogen and oxygen atoms in total. The minimum atomic E-state index is 0.107. The Kier molecular flexibility index (Phi) is 3.04. The highest BCUT2D eigenvalue weighted by Crippen LogP contribution is 2.62. The summed E-state index contributed by atoms with van der Waals surface area (Å²) in [4.78, 5) is 14.3. The third-order valence-corrected chi connectivity index (χ3v) is 5.84. The van der Waals surface area contributed by atoms with Gasteiger partial charge in [-0.15, -0.1) is 0 Å². The topological polar surface area (TPSA) is 41.6 Å². The predicted octanol–water partition coefficient (Wildman–Crippen LogP) is 2.24. The van der Waals surface area contributed by atoms with Crippen LogP contribution >= 0.6 is 0 Å². The molecule has 4 heteroatoms. The Balaban J connectivity index is 1.70. The van der Waals surface area contributed by atoms with E-state index in [1.165, 1.54) is 19.3 Å². The highest BCUT2D eigenvalue weighted by atomic mass is 16.5. The third kappa shape index (κ3) is 2.04. The molecular weight excluding hydrogens is 240 g/mol.